The van der Waals surface area contributed by atoms with Crippen molar-refractivity contribution in [2.75, 3.05) is 7.11 Å². The summed E-state index contributed by atoms with van der Waals surface area (Å²) in [7, 11) is 1.29. The minimum atomic E-state index is -4.57. The van der Waals surface area contributed by atoms with E-state index < -0.39 is 23.3 Å². The molecule has 38 heavy (non-hydrogen) atoms. The molecule has 0 atom stereocenters. The summed E-state index contributed by atoms with van der Waals surface area (Å²) in [5.74, 6) is 0.244. The topological polar surface area (TPSA) is 86.7 Å². The third-order valence-electron chi connectivity index (χ3n) is 5.72. The standard InChI is InChI=1S/C28H18F3N3O4/c1-37-27(36)18-11-9-17(10-12-18)24-14-13-21(38-24)16-32-34-25(19-5-4-6-20(15-19)28(29,30)31)33-23-8-3-2-7-22(23)26(34)35/h2-16H,1H3. The number of hydrogen-bond donors (Lipinski definition) is 0. The number of benzene rings is 3. The molecule has 0 radical (unpaired) electrons. The predicted octanol–water partition coefficient (Wildman–Crippen LogP) is 6.01. The van der Waals surface area contributed by atoms with Crippen LogP contribution >= 0.6 is 0 Å². The fourth-order valence-electron chi connectivity index (χ4n) is 3.83. The molecular formula is C28H18F3N3O4. The molecule has 10 heteroatoms. The molecule has 3 aromatic carbocycles. The zero-order valence-electron chi connectivity index (χ0n) is 19.8. The summed E-state index contributed by atoms with van der Waals surface area (Å²) in [5.41, 5.74) is 0.0466. The number of halogens is 3. The fourth-order valence-corrected chi connectivity index (χ4v) is 3.83. The highest BCUT2D eigenvalue weighted by atomic mass is 19.4. The highest BCUT2D eigenvalue weighted by Crippen LogP contribution is 2.32. The first-order valence-corrected chi connectivity index (χ1v) is 11.3. The van der Waals surface area contributed by atoms with Crippen LogP contribution in [0.25, 0.3) is 33.6 Å². The zero-order valence-corrected chi connectivity index (χ0v) is 19.8. The van der Waals surface area contributed by atoms with Crippen molar-refractivity contribution < 1.29 is 27.1 Å². The van der Waals surface area contributed by atoms with E-state index in [0.717, 1.165) is 16.8 Å². The van der Waals surface area contributed by atoms with Gasteiger partial charge in [0.25, 0.3) is 5.56 Å². The minimum absolute atomic E-state index is 0.0544. The number of ether oxygens (including phenoxy) is 1. The van der Waals surface area contributed by atoms with Crippen LogP contribution in [0.15, 0.2) is 99.2 Å². The molecule has 0 saturated heterocycles. The van der Waals surface area contributed by atoms with Crippen molar-refractivity contribution in [1.29, 1.82) is 0 Å². The lowest BCUT2D eigenvalue weighted by molar-refractivity contribution is -0.137. The minimum Gasteiger partial charge on any atom is -0.465 e. The van der Waals surface area contributed by atoms with Gasteiger partial charge in [0.2, 0.25) is 0 Å². The molecule has 190 valence electrons. The van der Waals surface area contributed by atoms with Crippen molar-refractivity contribution >= 4 is 23.1 Å². The second-order valence-electron chi connectivity index (χ2n) is 8.16. The Balaban J connectivity index is 1.55. The maximum Gasteiger partial charge on any atom is 0.416 e. The summed E-state index contributed by atoms with van der Waals surface area (Å²) < 4.78 is 51.5. The van der Waals surface area contributed by atoms with E-state index in [4.69, 9.17) is 9.15 Å². The lowest BCUT2D eigenvalue weighted by Gasteiger charge is -2.11. The Kier molecular flexibility index (Phi) is 6.38. The Bertz CT molecular complexity index is 1740. The van der Waals surface area contributed by atoms with E-state index in [1.165, 1.54) is 25.5 Å². The van der Waals surface area contributed by atoms with Crippen LogP contribution in [0.3, 0.4) is 0 Å². The van der Waals surface area contributed by atoms with Gasteiger partial charge in [0.1, 0.15) is 11.5 Å². The lowest BCUT2D eigenvalue weighted by atomic mass is 10.1. The van der Waals surface area contributed by atoms with Crippen LogP contribution in [0.1, 0.15) is 21.7 Å². The molecule has 0 aliphatic rings. The number of para-hydroxylation sites is 1. The molecule has 5 aromatic rings. The summed E-state index contributed by atoms with van der Waals surface area (Å²) in [6, 6.07) is 20.9. The van der Waals surface area contributed by atoms with Gasteiger partial charge in [-0.3, -0.25) is 4.79 Å². The summed E-state index contributed by atoms with van der Waals surface area (Å²) >= 11 is 0. The maximum atomic E-state index is 13.4. The van der Waals surface area contributed by atoms with Crippen LogP contribution in [0.4, 0.5) is 13.2 Å². The Hall–Kier alpha value is -4.99. The average Bonchev–Trinajstić information content (AvgIpc) is 3.41. The first kappa shape index (κ1) is 24.7. The average molecular weight is 517 g/mol. The number of esters is 1. The van der Waals surface area contributed by atoms with Crippen molar-refractivity contribution in [3.63, 3.8) is 0 Å². The lowest BCUT2D eigenvalue weighted by Crippen LogP contribution is -2.20. The molecule has 7 nitrogen and oxygen atoms in total. The van der Waals surface area contributed by atoms with Gasteiger partial charge in [0.15, 0.2) is 5.82 Å². The highest BCUT2D eigenvalue weighted by Gasteiger charge is 2.31. The molecule has 0 aliphatic heterocycles. The Labute approximate surface area is 213 Å². The number of hydrogen-bond acceptors (Lipinski definition) is 6. The maximum absolute atomic E-state index is 13.4. The van der Waals surface area contributed by atoms with E-state index in [9.17, 15) is 22.8 Å². The van der Waals surface area contributed by atoms with E-state index in [-0.39, 0.29) is 22.5 Å². The van der Waals surface area contributed by atoms with Crippen LogP contribution in [-0.2, 0) is 10.9 Å². The van der Waals surface area contributed by atoms with Gasteiger partial charge in [-0.2, -0.15) is 22.9 Å². The first-order chi connectivity index (χ1) is 18.2. The van der Waals surface area contributed by atoms with Gasteiger partial charge in [0.05, 0.1) is 35.4 Å². The van der Waals surface area contributed by atoms with Crippen LogP contribution in [-0.4, -0.2) is 29.0 Å². The van der Waals surface area contributed by atoms with Crippen molar-refractivity contribution in [2.24, 2.45) is 5.10 Å². The summed E-state index contributed by atoms with van der Waals surface area (Å²) in [4.78, 5) is 29.4. The summed E-state index contributed by atoms with van der Waals surface area (Å²) in [6.07, 6.45) is -3.29. The van der Waals surface area contributed by atoms with Gasteiger partial charge in [-0.05, 0) is 48.5 Å². The SMILES string of the molecule is COC(=O)c1ccc(-c2ccc(C=Nn3c(-c4cccc(C(F)(F)F)c4)nc4ccccc4c3=O)o2)cc1. The van der Waals surface area contributed by atoms with Crippen LogP contribution in [0.2, 0.25) is 0 Å². The number of rotatable bonds is 5. The number of alkyl halides is 3. The van der Waals surface area contributed by atoms with E-state index in [1.54, 1.807) is 60.7 Å². The molecule has 0 fully saturated rings. The van der Waals surface area contributed by atoms with Crippen LogP contribution < -0.4 is 5.56 Å². The van der Waals surface area contributed by atoms with Gasteiger partial charge in [-0.15, -0.1) is 0 Å². The van der Waals surface area contributed by atoms with Gasteiger partial charge in [0, 0.05) is 11.1 Å². The smallest absolute Gasteiger partial charge is 0.416 e. The number of fused-ring (bicyclic) bond motifs is 1. The zero-order chi connectivity index (χ0) is 26.9. The molecule has 0 spiro atoms. The third kappa shape index (κ3) is 4.83. The number of nitrogens with zero attached hydrogens (tertiary/aromatic N) is 3. The molecule has 0 bridgehead atoms. The van der Waals surface area contributed by atoms with Crippen molar-refractivity contribution in [1.82, 2.24) is 9.66 Å². The van der Waals surface area contributed by atoms with E-state index in [0.29, 0.717) is 22.4 Å². The second-order valence-corrected chi connectivity index (χ2v) is 8.16. The van der Waals surface area contributed by atoms with Crippen molar-refractivity contribution in [2.45, 2.75) is 6.18 Å². The molecule has 0 amide bonds. The molecule has 0 unspecified atom stereocenters. The van der Waals surface area contributed by atoms with Crippen molar-refractivity contribution in [3.05, 3.63) is 112 Å². The van der Waals surface area contributed by atoms with E-state index in [2.05, 4.69) is 10.1 Å². The third-order valence-corrected chi connectivity index (χ3v) is 5.72. The Morgan fingerprint density at radius 3 is 2.47 bits per heavy atom. The molecule has 2 heterocycles. The van der Waals surface area contributed by atoms with Crippen LogP contribution in [0, 0.1) is 0 Å². The van der Waals surface area contributed by atoms with Gasteiger partial charge in [-0.1, -0.05) is 36.4 Å². The number of furan rings is 1. The molecule has 0 N–H and O–H groups in total. The first-order valence-electron chi connectivity index (χ1n) is 11.3. The Morgan fingerprint density at radius 2 is 1.74 bits per heavy atom. The monoisotopic (exact) mass is 517 g/mol. The number of aromatic nitrogens is 2. The number of carbonyl (C=O) groups excluding carboxylic acids is 1. The molecule has 0 saturated carbocycles. The summed E-state index contributed by atoms with van der Waals surface area (Å²) in [5, 5.41) is 4.49. The quantitative estimate of drug-likeness (QED) is 0.211. The number of methoxy groups -OCH3 is 1. The van der Waals surface area contributed by atoms with Gasteiger partial charge in [-0.25, -0.2) is 9.78 Å². The largest absolute Gasteiger partial charge is 0.465 e. The molecule has 0 aliphatic carbocycles. The highest BCUT2D eigenvalue weighted by molar-refractivity contribution is 5.90. The fraction of sp³-hybridized carbons (Fsp3) is 0.0714. The molecular weight excluding hydrogens is 499 g/mol. The van der Waals surface area contributed by atoms with E-state index in [1.807, 2.05) is 0 Å². The van der Waals surface area contributed by atoms with Crippen molar-refractivity contribution in [3.8, 4) is 22.7 Å². The van der Waals surface area contributed by atoms with Gasteiger partial charge < -0.3 is 9.15 Å². The summed E-state index contributed by atoms with van der Waals surface area (Å²) in [6.45, 7) is 0. The predicted molar refractivity (Wildman–Crippen MR) is 135 cm³/mol. The van der Waals surface area contributed by atoms with E-state index >= 15 is 0 Å². The normalized spacial score (nSPS) is 11.8. The molecule has 5 rings (SSSR count). The van der Waals surface area contributed by atoms with Crippen LogP contribution in [0.5, 0.6) is 0 Å². The number of carbonyl (C=O) groups is 1. The van der Waals surface area contributed by atoms with Gasteiger partial charge >= 0.3 is 12.1 Å². The second kappa shape index (κ2) is 9.81. The molecule has 2 aromatic heterocycles. The Morgan fingerprint density at radius 1 is 0.974 bits per heavy atom.